The van der Waals surface area contributed by atoms with Crippen LogP contribution in [0.4, 0.5) is 0 Å². The summed E-state index contributed by atoms with van der Waals surface area (Å²) in [5, 5.41) is 4.50. The highest BCUT2D eigenvalue weighted by molar-refractivity contribution is 6.32. The SMILES string of the molecule is Cc1cc(CCCCCCCOc2ccc(C3=NCCO3)cc2Cl)on1. The van der Waals surface area contributed by atoms with Crippen LogP contribution in [-0.4, -0.2) is 30.8 Å². The van der Waals surface area contributed by atoms with E-state index in [4.69, 9.17) is 25.6 Å². The lowest BCUT2D eigenvalue weighted by Gasteiger charge is -2.09. The summed E-state index contributed by atoms with van der Waals surface area (Å²) in [4.78, 5) is 4.29. The minimum absolute atomic E-state index is 0.600. The Morgan fingerprint density at radius 3 is 2.69 bits per heavy atom. The Kier molecular flexibility index (Phi) is 6.95. The van der Waals surface area contributed by atoms with Crippen LogP contribution >= 0.6 is 11.6 Å². The summed E-state index contributed by atoms with van der Waals surface area (Å²) >= 11 is 6.30. The molecule has 0 spiro atoms. The molecule has 0 N–H and O–H groups in total. The van der Waals surface area contributed by atoms with Gasteiger partial charge in [-0.15, -0.1) is 0 Å². The number of aliphatic imine (C=N–C) groups is 1. The van der Waals surface area contributed by atoms with Gasteiger partial charge in [-0.1, -0.05) is 36.0 Å². The molecule has 0 amide bonds. The third kappa shape index (κ3) is 5.49. The first-order chi connectivity index (χ1) is 12.7. The average Bonchev–Trinajstić information content (AvgIpc) is 3.30. The molecular formula is C20H25ClN2O3. The lowest BCUT2D eigenvalue weighted by molar-refractivity contribution is 0.304. The summed E-state index contributed by atoms with van der Waals surface area (Å²) in [6.45, 7) is 3.98. The van der Waals surface area contributed by atoms with E-state index in [1.807, 2.05) is 31.2 Å². The summed E-state index contributed by atoms with van der Waals surface area (Å²) in [5.41, 5.74) is 1.86. The molecule has 0 bridgehead atoms. The molecule has 0 saturated heterocycles. The summed E-state index contributed by atoms with van der Waals surface area (Å²) < 4.78 is 16.5. The summed E-state index contributed by atoms with van der Waals surface area (Å²) in [5.74, 6) is 2.37. The lowest BCUT2D eigenvalue weighted by atomic mass is 10.1. The van der Waals surface area contributed by atoms with Crippen molar-refractivity contribution < 1.29 is 14.0 Å². The maximum absolute atomic E-state index is 6.30. The third-order valence-corrected chi connectivity index (χ3v) is 4.56. The first-order valence-electron chi connectivity index (χ1n) is 9.24. The topological polar surface area (TPSA) is 56.9 Å². The van der Waals surface area contributed by atoms with Gasteiger partial charge < -0.3 is 14.0 Å². The van der Waals surface area contributed by atoms with Crippen molar-refractivity contribution in [3.05, 3.63) is 46.3 Å². The molecule has 2 aromatic rings. The Morgan fingerprint density at radius 2 is 1.96 bits per heavy atom. The summed E-state index contributed by atoms with van der Waals surface area (Å²) in [6, 6.07) is 7.69. The standard InChI is InChI=1S/C20H25ClN2O3/c1-15-13-17(26-23-15)7-5-3-2-4-6-11-24-19-9-8-16(14-18(19)21)20-22-10-12-25-20/h8-9,13-14H,2-7,10-12H2,1H3. The number of unbranched alkanes of at least 4 members (excludes halogenated alkanes) is 4. The van der Waals surface area contributed by atoms with Gasteiger partial charge in [-0.25, -0.2) is 4.99 Å². The van der Waals surface area contributed by atoms with Gasteiger partial charge in [0.1, 0.15) is 18.1 Å². The Hall–Kier alpha value is -2.01. The number of benzene rings is 1. The van der Waals surface area contributed by atoms with E-state index in [-0.39, 0.29) is 0 Å². The second-order valence-corrected chi connectivity index (χ2v) is 6.89. The maximum Gasteiger partial charge on any atom is 0.216 e. The molecule has 1 aromatic carbocycles. The predicted molar refractivity (Wildman–Crippen MR) is 102 cm³/mol. The highest BCUT2D eigenvalue weighted by Gasteiger charge is 2.12. The fourth-order valence-electron chi connectivity index (χ4n) is 2.91. The Bertz CT molecular complexity index is 742. The van der Waals surface area contributed by atoms with Gasteiger partial charge in [0, 0.05) is 18.1 Å². The van der Waals surface area contributed by atoms with E-state index in [2.05, 4.69) is 10.1 Å². The quantitative estimate of drug-likeness (QED) is 0.548. The molecule has 3 rings (SSSR count). The Morgan fingerprint density at radius 1 is 1.12 bits per heavy atom. The molecule has 1 aliphatic heterocycles. The zero-order valence-electron chi connectivity index (χ0n) is 15.2. The molecule has 1 aliphatic rings. The van der Waals surface area contributed by atoms with Crippen molar-refractivity contribution in [2.45, 2.75) is 45.4 Å². The van der Waals surface area contributed by atoms with Crippen LogP contribution in [0.5, 0.6) is 5.75 Å². The molecule has 6 heteroatoms. The number of rotatable bonds is 10. The van der Waals surface area contributed by atoms with E-state index in [0.29, 0.717) is 30.7 Å². The zero-order chi connectivity index (χ0) is 18.2. The van der Waals surface area contributed by atoms with Crippen LogP contribution in [0, 0.1) is 6.92 Å². The van der Waals surface area contributed by atoms with E-state index in [0.717, 1.165) is 48.5 Å². The minimum Gasteiger partial charge on any atom is -0.492 e. The van der Waals surface area contributed by atoms with Gasteiger partial charge in [0.15, 0.2) is 0 Å². The lowest BCUT2D eigenvalue weighted by Crippen LogP contribution is -2.02. The third-order valence-electron chi connectivity index (χ3n) is 4.27. The smallest absolute Gasteiger partial charge is 0.216 e. The van der Waals surface area contributed by atoms with Gasteiger partial charge in [0.25, 0.3) is 0 Å². The molecule has 0 atom stereocenters. The van der Waals surface area contributed by atoms with Crippen LogP contribution in [0.2, 0.25) is 5.02 Å². The molecule has 0 radical (unpaired) electrons. The number of hydrogen-bond acceptors (Lipinski definition) is 5. The molecule has 0 unspecified atom stereocenters. The van der Waals surface area contributed by atoms with Gasteiger partial charge >= 0.3 is 0 Å². The first-order valence-corrected chi connectivity index (χ1v) is 9.62. The molecule has 26 heavy (non-hydrogen) atoms. The van der Waals surface area contributed by atoms with Gasteiger partial charge in [0.2, 0.25) is 5.90 Å². The van der Waals surface area contributed by atoms with Crippen LogP contribution in [0.1, 0.15) is 49.1 Å². The molecule has 2 heterocycles. The summed E-state index contributed by atoms with van der Waals surface area (Å²) in [7, 11) is 0. The normalized spacial score (nSPS) is 13.5. The first kappa shape index (κ1) is 18.8. The van der Waals surface area contributed by atoms with E-state index in [1.54, 1.807) is 0 Å². The average molecular weight is 377 g/mol. The van der Waals surface area contributed by atoms with Crippen LogP contribution < -0.4 is 4.74 Å². The fourth-order valence-corrected chi connectivity index (χ4v) is 3.14. The fraction of sp³-hybridized carbons (Fsp3) is 0.500. The second kappa shape index (κ2) is 9.62. The number of ether oxygens (including phenoxy) is 2. The van der Waals surface area contributed by atoms with Crippen molar-refractivity contribution in [2.24, 2.45) is 4.99 Å². The van der Waals surface area contributed by atoms with Crippen molar-refractivity contribution in [3.8, 4) is 5.75 Å². The van der Waals surface area contributed by atoms with E-state index < -0.39 is 0 Å². The maximum atomic E-state index is 6.30. The molecule has 5 nitrogen and oxygen atoms in total. The highest BCUT2D eigenvalue weighted by Crippen LogP contribution is 2.26. The second-order valence-electron chi connectivity index (χ2n) is 6.48. The summed E-state index contributed by atoms with van der Waals surface area (Å²) in [6.07, 6.45) is 6.66. The number of hydrogen-bond donors (Lipinski definition) is 0. The van der Waals surface area contributed by atoms with E-state index in [1.165, 1.54) is 12.8 Å². The van der Waals surface area contributed by atoms with Crippen LogP contribution in [0.3, 0.4) is 0 Å². The number of halogens is 1. The molecule has 1 aromatic heterocycles. The number of aryl methyl sites for hydroxylation is 2. The zero-order valence-corrected chi connectivity index (χ0v) is 15.9. The van der Waals surface area contributed by atoms with Crippen molar-refractivity contribution in [2.75, 3.05) is 19.8 Å². The molecule has 0 saturated carbocycles. The van der Waals surface area contributed by atoms with Gasteiger partial charge in [0.05, 0.1) is 23.9 Å². The van der Waals surface area contributed by atoms with E-state index >= 15 is 0 Å². The predicted octanol–water partition coefficient (Wildman–Crippen LogP) is 4.99. The largest absolute Gasteiger partial charge is 0.492 e. The minimum atomic E-state index is 0.600. The monoisotopic (exact) mass is 376 g/mol. The number of nitrogens with zero attached hydrogens (tertiary/aromatic N) is 2. The van der Waals surface area contributed by atoms with Crippen molar-refractivity contribution in [1.29, 1.82) is 0 Å². The van der Waals surface area contributed by atoms with Gasteiger partial charge in [-0.3, -0.25) is 0 Å². The highest BCUT2D eigenvalue weighted by atomic mass is 35.5. The van der Waals surface area contributed by atoms with Gasteiger partial charge in [-0.05, 0) is 38.0 Å². The number of aromatic nitrogens is 1. The molecular weight excluding hydrogens is 352 g/mol. The van der Waals surface area contributed by atoms with Crippen molar-refractivity contribution >= 4 is 17.5 Å². The van der Waals surface area contributed by atoms with Crippen LogP contribution in [0.15, 0.2) is 33.8 Å². The van der Waals surface area contributed by atoms with E-state index in [9.17, 15) is 0 Å². The Labute approximate surface area is 159 Å². The van der Waals surface area contributed by atoms with Gasteiger partial charge in [-0.2, -0.15) is 0 Å². The van der Waals surface area contributed by atoms with Crippen molar-refractivity contribution in [3.63, 3.8) is 0 Å². The molecule has 0 fully saturated rings. The van der Waals surface area contributed by atoms with Crippen LogP contribution in [0.25, 0.3) is 0 Å². The van der Waals surface area contributed by atoms with Crippen LogP contribution in [-0.2, 0) is 11.2 Å². The molecule has 140 valence electrons. The van der Waals surface area contributed by atoms with Crippen molar-refractivity contribution in [1.82, 2.24) is 5.16 Å². The molecule has 0 aliphatic carbocycles. The Balaban J connectivity index is 1.29.